The van der Waals surface area contributed by atoms with E-state index in [1.807, 2.05) is 19.3 Å². The van der Waals surface area contributed by atoms with Gasteiger partial charge < -0.3 is 20.1 Å². The maximum atomic E-state index is 4.87. The van der Waals surface area contributed by atoms with Gasteiger partial charge in [-0.15, -0.1) is 0 Å². The molecule has 0 spiro atoms. The maximum Gasteiger partial charge on any atom is 0.192 e. The summed E-state index contributed by atoms with van der Waals surface area (Å²) in [6.45, 7) is 10.9. The van der Waals surface area contributed by atoms with E-state index in [1.54, 1.807) is 0 Å². The third-order valence-corrected chi connectivity index (χ3v) is 6.23. The molecule has 2 N–H and O–H groups in total. The summed E-state index contributed by atoms with van der Waals surface area (Å²) in [6.07, 6.45) is 6.45. The van der Waals surface area contributed by atoms with Crippen LogP contribution in [0.2, 0.25) is 0 Å². The molecule has 1 unspecified atom stereocenters. The molecule has 2 heterocycles. The van der Waals surface area contributed by atoms with Crippen LogP contribution in [0, 0.1) is 6.92 Å². The molecule has 1 saturated heterocycles. The Bertz CT molecular complexity index is 1060. The molecule has 4 rings (SSSR count). The van der Waals surface area contributed by atoms with Gasteiger partial charge in [-0.3, -0.25) is 0 Å². The fourth-order valence-electron chi connectivity index (χ4n) is 4.34. The van der Waals surface area contributed by atoms with Crippen LogP contribution in [0.25, 0.3) is 0 Å². The molecule has 6 nitrogen and oxygen atoms in total. The van der Waals surface area contributed by atoms with Crippen molar-refractivity contribution < 1.29 is 0 Å². The molecule has 1 fully saturated rings. The van der Waals surface area contributed by atoms with Gasteiger partial charge in [0.05, 0.1) is 12.6 Å². The Morgan fingerprint density at radius 3 is 2.64 bits per heavy atom. The van der Waals surface area contributed by atoms with Gasteiger partial charge in [0.25, 0.3) is 0 Å². The summed E-state index contributed by atoms with van der Waals surface area (Å²) in [7, 11) is 0. The molecule has 0 aliphatic carbocycles. The van der Waals surface area contributed by atoms with Crippen molar-refractivity contribution in [2.45, 2.75) is 52.7 Å². The molecule has 3 aromatic rings. The molecule has 174 valence electrons. The van der Waals surface area contributed by atoms with E-state index in [-0.39, 0.29) is 6.04 Å². The van der Waals surface area contributed by atoms with E-state index in [0.29, 0.717) is 6.54 Å². The number of aliphatic imine (C=N–C) groups is 1. The molecular formula is C27H36N6. The number of guanidine groups is 1. The maximum absolute atomic E-state index is 4.87. The number of rotatable bonds is 8. The first-order chi connectivity index (χ1) is 16.1. The molecule has 6 heteroatoms. The number of nitrogens with one attached hydrogen (secondary N) is 2. The fourth-order valence-corrected chi connectivity index (χ4v) is 4.34. The van der Waals surface area contributed by atoms with Crippen molar-refractivity contribution in [1.82, 2.24) is 20.2 Å². The van der Waals surface area contributed by atoms with Crippen LogP contribution in [0.4, 0.5) is 5.69 Å². The minimum atomic E-state index is 0.168. The van der Waals surface area contributed by atoms with Crippen molar-refractivity contribution in [2.24, 2.45) is 4.99 Å². The number of benzene rings is 2. The SMILES string of the molecule is CCNC(=NCc1cccc(Cn2ccnc2C)c1)NC(C)c1cccc(N2CCCC2)c1. The lowest BCUT2D eigenvalue weighted by Crippen LogP contribution is -2.38. The highest BCUT2D eigenvalue weighted by atomic mass is 15.2. The minimum Gasteiger partial charge on any atom is -0.372 e. The molecule has 1 aliphatic heterocycles. The van der Waals surface area contributed by atoms with Crippen LogP contribution in [-0.4, -0.2) is 35.1 Å². The largest absolute Gasteiger partial charge is 0.372 e. The molecule has 33 heavy (non-hydrogen) atoms. The highest BCUT2D eigenvalue weighted by molar-refractivity contribution is 5.80. The molecule has 2 aromatic carbocycles. The fraction of sp³-hybridized carbons (Fsp3) is 0.407. The van der Waals surface area contributed by atoms with E-state index >= 15 is 0 Å². The topological polar surface area (TPSA) is 57.5 Å². The third-order valence-electron chi connectivity index (χ3n) is 6.23. The van der Waals surface area contributed by atoms with Crippen LogP contribution in [-0.2, 0) is 13.1 Å². The Morgan fingerprint density at radius 2 is 1.88 bits per heavy atom. The zero-order chi connectivity index (χ0) is 23.0. The molecule has 0 amide bonds. The van der Waals surface area contributed by atoms with Crippen LogP contribution in [0.15, 0.2) is 65.9 Å². The van der Waals surface area contributed by atoms with Crippen molar-refractivity contribution in [3.8, 4) is 0 Å². The summed E-state index contributed by atoms with van der Waals surface area (Å²) < 4.78 is 2.16. The number of aryl methyl sites for hydroxylation is 1. The van der Waals surface area contributed by atoms with Gasteiger partial charge in [0.2, 0.25) is 0 Å². The zero-order valence-electron chi connectivity index (χ0n) is 20.1. The van der Waals surface area contributed by atoms with Crippen LogP contribution in [0.5, 0.6) is 0 Å². The monoisotopic (exact) mass is 444 g/mol. The van der Waals surface area contributed by atoms with Crippen LogP contribution in [0.1, 0.15) is 55.2 Å². The van der Waals surface area contributed by atoms with Crippen molar-refractivity contribution in [1.29, 1.82) is 0 Å². The quantitative estimate of drug-likeness (QED) is 0.392. The van der Waals surface area contributed by atoms with Crippen molar-refractivity contribution in [3.63, 3.8) is 0 Å². The average molecular weight is 445 g/mol. The number of nitrogens with zero attached hydrogens (tertiary/aromatic N) is 4. The first kappa shape index (κ1) is 22.9. The summed E-state index contributed by atoms with van der Waals surface area (Å²) in [5.74, 6) is 1.87. The van der Waals surface area contributed by atoms with E-state index < -0.39 is 0 Å². The van der Waals surface area contributed by atoms with Gasteiger partial charge in [0.1, 0.15) is 5.82 Å². The Morgan fingerprint density at radius 1 is 1.09 bits per heavy atom. The second kappa shape index (κ2) is 11.0. The summed E-state index contributed by atoms with van der Waals surface area (Å²) in [6, 6.07) is 17.7. The van der Waals surface area contributed by atoms with E-state index in [9.17, 15) is 0 Å². The summed E-state index contributed by atoms with van der Waals surface area (Å²) in [5.41, 5.74) is 5.06. The van der Waals surface area contributed by atoms with Crippen molar-refractivity contribution in [3.05, 3.63) is 83.4 Å². The van der Waals surface area contributed by atoms with E-state index in [0.717, 1.165) is 38.0 Å². The van der Waals surface area contributed by atoms with Gasteiger partial charge in [0.15, 0.2) is 5.96 Å². The highest BCUT2D eigenvalue weighted by Gasteiger charge is 2.14. The first-order valence-corrected chi connectivity index (χ1v) is 12.1. The van der Waals surface area contributed by atoms with E-state index in [2.05, 4.69) is 87.5 Å². The van der Waals surface area contributed by atoms with Gasteiger partial charge in [-0.05, 0) is 62.4 Å². The first-order valence-electron chi connectivity index (χ1n) is 12.1. The molecule has 0 radical (unpaired) electrons. The van der Waals surface area contributed by atoms with Crippen molar-refractivity contribution in [2.75, 3.05) is 24.5 Å². The standard InChI is InChI=1S/C27H36N6/c1-4-28-27(31-21(2)25-11-8-12-26(18-25)32-14-5-6-15-32)30-19-23-9-7-10-24(17-23)20-33-16-13-29-22(33)3/h7-13,16-18,21H,4-6,14-15,19-20H2,1-3H3,(H2,28,30,31). The molecule has 0 bridgehead atoms. The van der Waals surface area contributed by atoms with Gasteiger partial charge in [-0.2, -0.15) is 0 Å². The lowest BCUT2D eigenvalue weighted by molar-refractivity contribution is 0.686. The molecular weight excluding hydrogens is 408 g/mol. The lowest BCUT2D eigenvalue weighted by Gasteiger charge is -2.22. The second-order valence-corrected chi connectivity index (χ2v) is 8.77. The minimum absolute atomic E-state index is 0.168. The number of imidazole rings is 1. The summed E-state index contributed by atoms with van der Waals surface area (Å²) in [5, 5.41) is 6.99. The summed E-state index contributed by atoms with van der Waals surface area (Å²) >= 11 is 0. The Hall–Kier alpha value is -3.28. The lowest BCUT2D eigenvalue weighted by atomic mass is 10.1. The predicted octanol–water partition coefficient (Wildman–Crippen LogP) is 4.66. The second-order valence-electron chi connectivity index (χ2n) is 8.77. The Labute approximate surface area is 197 Å². The Balaban J connectivity index is 1.42. The van der Waals surface area contributed by atoms with E-state index in [4.69, 9.17) is 4.99 Å². The number of anilines is 1. The van der Waals surface area contributed by atoms with Gasteiger partial charge >= 0.3 is 0 Å². The van der Waals surface area contributed by atoms with E-state index in [1.165, 1.54) is 35.2 Å². The zero-order valence-corrected chi connectivity index (χ0v) is 20.1. The van der Waals surface area contributed by atoms with Gasteiger partial charge in [-0.25, -0.2) is 9.98 Å². The van der Waals surface area contributed by atoms with Crippen LogP contribution < -0.4 is 15.5 Å². The number of aromatic nitrogens is 2. The average Bonchev–Trinajstić information content (AvgIpc) is 3.50. The molecule has 1 atom stereocenters. The predicted molar refractivity (Wildman–Crippen MR) is 137 cm³/mol. The number of hydrogen-bond donors (Lipinski definition) is 2. The van der Waals surface area contributed by atoms with Crippen LogP contribution in [0.3, 0.4) is 0 Å². The third kappa shape index (κ3) is 6.15. The normalized spacial score (nSPS) is 15.0. The van der Waals surface area contributed by atoms with Gasteiger partial charge in [0, 0.05) is 44.3 Å². The number of hydrogen-bond acceptors (Lipinski definition) is 3. The smallest absolute Gasteiger partial charge is 0.192 e. The highest BCUT2D eigenvalue weighted by Crippen LogP contribution is 2.24. The molecule has 0 saturated carbocycles. The van der Waals surface area contributed by atoms with Crippen LogP contribution >= 0.6 is 0 Å². The van der Waals surface area contributed by atoms with Crippen molar-refractivity contribution >= 4 is 11.6 Å². The Kier molecular flexibility index (Phi) is 7.66. The summed E-state index contributed by atoms with van der Waals surface area (Å²) in [4.78, 5) is 11.7. The molecule has 1 aliphatic rings. The molecule has 1 aromatic heterocycles. The van der Waals surface area contributed by atoms with Gasteiger partial charge in [-0.1, -0.05) is 36.4 Å².